The maximum atomic E-state index is 11.0. The molecule has 0 saturated heterocycles. The van der Waals surface area contributed by atoms with E-state index in [1.165, 1.54) is 24.9 Å². The Morgan fingerprint density at radius 1 is 1.68 bits per heavy atom. The number of ether oxygens (including phenoxy) is 1. The van der Waals surface area contributed by atoms with Gasteiger partial charge in [0.15, 0.2) is 17.0 Å². The summed E-state index contributed by atoms with van der Waals surface area (Å²) in [5.74, 6) is 0.344. The predicted octanol–water partition coefficient (Wildman–Crippen LogP) is 2.79. The monoisotopic (exact) mass is 344 g/mol. The van der Waals surface area contributed by atoms with E-state index >= 15 is 0 Å². The summed E-state index contributed by atoms with van der Waals surface area (Å²) in [6.45, 7) is 0. The topological polar surface area (TPSA) is 101 Å². The molecule has 0 saturated carbocycles. The molecule has 0 amide bonds. The van der Waals surface area contributed by atoms with Crippen molar-refractivity contribution in [3.8, 4) is 11.9 Å². The molecule has 1 rings (SSSR count). The Morgan fingerprint density at radius 2 is 2.37 bits per heavy atom. The maximum Gasteiger partial charge on any atom is 0.299 e. The van der Waals surface area contributed by atoms with Gasteiger partial charge in [0.25, 0.3) is 5.69 Å². The Kier molecular flexibility index (Phi) is 5.59. The van der Waals surface area contributed by atoms with Crippen LogP contribution >= 0.6 is 27.7 Å². The molecule has 100 valence electrons. The van der Waals surface area contributed by atoms with Crippen molar-refractivity contribution in [2.24, 2.45) is 4.99 Å². The van der Waals surface area contributed by atoms with Gasteiger partial charge in [-0.2, -0.15) is 5.26 Å². The minimum atomic E-state index is -0.559. The molecule has 19 heavy (non-hydrogen) atoms. The van der Waals surface area contributed by atoms with Gasteiger partial charge in [-0.25, -0.2) is 4.99 Å². The summed E-state index contributed by atoms with van der Waals surface area (Å²) in [5.41, 5.74) is -0.0876. The molecular formula is C10H9BrN4O3S. The summed E-state index contributed by atoms with van der Waals surface area (Å²) in [6.07, 6.45) is 3.42. The molecule has 0 bridgehead atoms. The van der Waals surface area contributed by atoms with Gasteiger partial charge in [-0.15, -0.1) is 0 Å². The molecule has 0 heterocycles. The van der Waals surface area contributed by atoms with Crippen LogP contribution in [0.3, 0.4) is 0 Å². The van der Waals surface area contributed by atoms with Crippen molar-refractivity contribution in [1.82, 2.24) is 5.32 Å². The van der Waals surface area contributed by atoms with Crippen LogP contribution in [0, 0.1) is 21.6 Å². The van der Waals surface area contributed by atoms with Gasteiger partial charge in [0.1, 0.15) is 5.75 Å². The van der Waals surface area contributed by atoms with E-state index in [9.17, 15) is 10.1 Å². The number of nitriles is 1. The van der Waals surface area contributed by atoms with Crippen LogP contribution in [0.4, 0.5) is 11.4 Å². The van der Waals surface area contributed by atoms with Crippen molar-refractivity contribution < 1.29 is 9.66 Å². The Bertz CT molecular complexity index is 571. The second kappa shape index (κ2) is 6.96. The molecule has 7 nitrogen and oxygen atoms in total. The van der Waals surface area contributed by atoms with Crippen LogP contribution in [-0.4, -0.2) is 23.5 Å². The fourth-order valence-corrected chi connectivity index (χ4v) is 2.05. The predicted molar refractivity (Wildman–Crippen MR) is 76.7 cm³/mol. The van der Waals surface area contributed by atoms with E-state index < -0.39 is 4.92 Å². The number of nitro groups is 1. The van der Waals surface area contributed by atoms with Crippen molar-refractivity contribution in [3.63, 3.8) is 0 Å². The van der Waals surface area contributed by atoms with Gasteiger partial charge in [-0.05, 0) is 28.3 Å². The summed E-state index contributed by atoms with van der Waals surface area (Å²) >= 11 is 4.37. The summed E-state index contributed by atoms with van der Waals surface area (Å²) in [6, 6.07) is 2.84. The highest BCUT2D eigenvalue weighted by molar-refractivity contribution is 9.10. The molecule has 0 atom stereocenters. The highest BCUT2D eigenvalue weighted by Crippen LogP contribution is 2.39. The first kappa shape index (κ1) is 15.3. The number of rotatable bonds is 3. The summed E-state index contributed by atoms with van der Waals surface area (Å²) in [7, 11) is 1.42. The average molecular weight is 345 g/mol. The maximum absolute atomic E-state index is 11.0. The minimum Gasteiger partial charge on any atom is -0.496 e. The molecule has 0 aliphatic carbocycles. The zero-order valence-electron chi connectivity index (χ0n) is 10.0. The van der Waals surface area contributed by atoms with Gasteiger partial charge in [-0.3, -0.25) is 15.4 Å². The molecule has 0 spiro atoms. The number of thioether (sulfide) groups is 1. The lowest BCUT2D eigenvalue weighted by Gasteiger charge is -2.06. The largest absolute Gasteiger partial charge is 0.496 e. The highest BCUT2D eigenvalue weighted by Gasteiger charge is 2.19. The number of aliphatic imine (C=N–C) groups is 1. The van der Waals surface area contributed by atoms with Crippen LogP contribution in [-0.2, 0) is 0 Å². The van der Waals surface area contributed by atoms with E-state index in [0.29, 0.717) is 10.2 Å². The van der Waals surface area contributed by atoms with E-state index in [4.69, 9.17) is 10.00 Å². The number of benzene rings is 1. The lowest BCUT2D eigenvalue weighted by Crippen LogP contribution is -2.12. The smallest absolute Gasteiger partial charge is 0.299 e. The molecule has 1 aromatic rings. The van der Waals surface area contributed by atoms with E-state index in [-0.39, 0.29) is 16.5 Å². The first-order chi connectivity index (χ1) is 9.03. The molecule has 1 N–H and O–H groups in total. The Labute approximate surface area is 121 Å². The summed E-state index contributed by atoms with van der Waals surface area (Å²) in [5, 5.41) is 22.2. The van der Waals surface area contributed by atoms with Crippen LogP contribution in [0.2, 0.25) is 0 Å². The minimum absolute atomic E-state index is 0.123. The number of amidine groups is 1. The first-order valence-corrected chi connectivity index (χ1v) is 6.85. The van der Waals surface area contributed by atoms with E-state index in [2.05, 4.69) is 26.2 Å². The molecule has 0 unspecified atom stereocenters. The zero-order valence-corrected chi connectivity index (χ0v) is 12.4. The van der Waals surface area contributed by atoms with Crippen molar-refractivity contribution >= 4 is 44.2 Å². The van der Waals surface area contributed by atoms with Gasteiger partial charge in [0.2, 0.25) is 0 Å². The second-order valence-electron chi connectivity index (χ2n) is 3.09. The second-order valence-corrected chi connectivity index (χ2v) is 4.74. The molecule has 1 aromatic carbocycles. The van der Waals surface area contributed by atoms with E-state index in [1.807, 2.05) is 0 Å². The van der Waals surface area contributed by atoms with Gasteiger partial charge in [0.05, 0.1) is 22.6 Å². The standard InChI is InChI=1S/C10H9BrN4O3S/c1-18-6-3-7(11)9(8(4-6)15(16)17)14-10(19-2)13-5-12/h3-4H,1-2H3,(H,13,14). The van der Waals surface area contributed by atoms with Crippen molar-refractivity contribution in [3.05, 3.63) is 26.7 Å². The van der Waals surface area contributed by atoms with E-state index in [1.54, 1.807) is 18.5 Å². The van der Waals surface area contributed by atoms with Gasteiger partial charge in [-0.1, -0.05) is 11.8 Å². The lowest BCUT2D eigenvalue weighted by molar-refractivity contribution is -0.384. The molecular weight excluding hydrogens is 336 g/mol. The number of hydrogen-bond acceptors (Lipinski definition) is 6. The number of halogens is 1. The quantitative estimate of drug-likeness (QED) is 0.226. The van der Waals surface area contributed by atoms with Gasteiger partial charge < -0.3 is 4.74 Å². The Morgan fingerprint density at radius 3 is 2.84 bits per heavy atom. The first-order valence-electron chi connectivity index (χ1n) is 4.83. The molecule has 0 aromatic heterocycles. The van der Waals surface area contributed by atoms with Crippen LogP contribution in [0.5, 0.6) is 5.75 Å². The summed E-state index contributed by atoms with van der Waals surface area (Å²) < 4.78 is 5.37. The number of nitrogens with one attached hydrogen (secondary N) is 1. The normalized spacial score (nSPS) is 10.7. The van der Waals surface area contributed by atoms with Crippen LogP contribution in [0.25, 0.3) is 0 Å². The van der Waals surface area contributed by atoms with Crippen LogP contribution in [0.1, 0.15) is 0 Å². The van der Waals surface area contributed by atoms with Gasteiger partial charge >= 0.3 is 0 Å². The number of nitrogens with zero attached hydrogens (tertiary/aromatic N) is 3. The van der Waals surface area contributed by atoms with Crippen molar-refractivity contribution in [2.45, 2.75) is 0 Å². The highest BCUT2D eigenvalue weighted by atomic mass is 79.9. The summed E-state index contributed by atoms with van der Waals surface area (Å²) in [4.78, 5) is 14.5. The molecule has 0 aliphatic heterocycles. The fraction of sp³-hybridized carbons (Fsp3) is 0.200. The third kappa shape index (κ3) is 3.84. The molecule has 9 heteroatoms. The van der Waals surface area contributed by atoms with Gasteiger partial charge in [0, 0.05) is 0 Å². The fourth-order valence-electron chi connectivity index (χ4n) is 1.20. The van der Waals surface area contributed by atoms with Crippen LogP contribution < -0.4 is 10.1 Å². The van der Waals surface area contributed by atoms with Crippen molar-refractivity contribution in [2.75, 3.05) is 13.4 Å². The number of hydrogen-bond donors (Lipinski definition) is 1. The number of nitro benzene ring substituents is 1. The van der Waals surface area contributed by atoms with Crippen LogP contribution in [0.15, 0.2) is 21.6 Å². The zero-order chi connectivity index (χ0) is 14.4. The Balaban J connectivity index is 3.41. The Hall–Kier alpha value is -1.79. The van der Waals surface area contributed by atoms with E-state index in [0.717, 1.165) is 0 Å². The SMILES string of the molecule is COc1cc(Br)c(N=C(NC#N)SC)c([N+](=O)[O-])c1. The lowest BCUT2D eigenvalue weighted by atomic mass is 10.2. The molecule has 0 fully saturated rings. The average Bonchev–Trinajstić information content (AvgIpc) is 2.39. The van der Waals surface area contributed by atoms with Crippen molar-refractivity contribution in [1.29, 1.82) is 5.26 Å². The molecule has 0 aliphatic rings. The molecule has 0 radical (unpaired) electrons. The number of methoxy groups -OCH3 is 1. The third-order valence-electron chi connectivity index (χ3n) is 2.02. The third-order valence-corrected chi connectivity index (χ3v) is 3.20.